The highest BCUT2D eigenvalue weighted by atomic mass is 33.2. The number of hydrogen-bond donors (Lipinski definition) is 0. The van der Waals surface area contributed by atoms with Crippen LogP contribution in [-0.2, 0) is 16.3 Å². The van der Waals surface area contributed by atoms with Gasteiger partial charge in [-0.15, -0.1) is 0 Å². The van der Waals surface area contributed by atoms with Gasteiger partial charge in [0.25, 0.3) is 0 Å². The Labute approximate surface area is 147 Å². The molecule has 24 heavy (non-hydrogen) atoms. The number of halogens is 5. The lowest BCUT2D eigenvalue weighted by Gasteiger charge is -2.15. The van der Waals surface area contributed by atoms with Gasteiger partial charge in [0.1, 0.15) is 0 Å². The summed E-state index contributed by atoms with van der Waals surface area (Å²) in [6, 6.07) is 9.21. The molecule has 0 aliphatic carbocycles. The van der Waals surface area contributed by atoms with E-state index in [0.717, 1.165) is 5.56 Å². The molecule has 3 rings (SSSR count). The summed E-state index contributed by atoms with van der Waals surface area (Å²) in [6.07, 6.45) is 0. The summed E-state index contributed by atoms with van der Waals surface area (Å²) in [4.78, 5) is -0.990. The van der Waals surface area contributed by atoms with E-state index in [4.69, 9.17) is 16.3 Å². The molecule has 128 valence electrons. The molecule has 0 N–H and O–H groups in total. The standard InChI is InChI=1S/C14H8F5OPS3/c15-9-10(16)12(18)14(13(19)11(9)17)24-21(22)20-6-8(23-21)7-4-2-1-3-5-7/h1-5,8H,6H2/t8-,21+/m0/s1. The van der Waals surface area contributed by atoms with Gasteiger partial charge in [-0.2, -0.15) is 0 Å². The topological polar surface area (TPSA) is 9.23 Å². The van der Waals surface area contributed by atoms with Crippen molar-refractivity contribution in [1.82, 2.24) is 0 Å². The van der Waals surface area contributed by atoms with Crippen molar-refractivity contribution in [1.29, 1.82) is 0 Å². The first-order valence-electron chi connectivity index (χ1n) is 6.51. The Hall–Kier alpha value is -0.600. The first-order valence-corrected chi connectivity index (χ1v) is 12.1. The maximum absolute atomic E-state index is 13.8. The molecule has 1 fully saturated rings. The lowest BCUT2D eigenvalue weighted by molar-refractivity contribution is 0.360. The molecule has 0 unspecified atom stereocenters. The molecule has 1 aliphatic heterocycles. The zero-order valence-corrected chi connectivity index (χ0v) is 15.0. The zero-order valence-electron chi connectivity index (χ0n) is 11.6. The maximum atomic E-state index is 13.8. The zero-order chi connectivity index (χ0) is 17.5. The van der Waals surface area contributed by atoms with Crippen LogP contribution in [0.2, 0.25) is 0 Å². The fraction of sp³-hybridized carbons (Fsp3) is 0.143. The molecular weight excluding hydrogens is 406 g/mol. The Balaban J connectivity index is 1.89. The highest BCUT2D eigenvalue weighted by Gasteiger charge is 2.38. The van der Waals surface area contributed by atoms with E-state index in [2.05, 4.69) is 0 Å². The lowest BCUT2D eigenvalue weighted by Crippen LogP contribution is -2.02. The summed E-state index contributed by atoms with van der Waals surface area (Å²) >= 11 is 6.91. The second kappa shape index (κ2) is 6.96. The largest absolute Gasteiger partial charge is 0.332 e. The first-order chi connectivity index (χ1) is 11.3. The average molecular weight is 414 g/mol. The quantitative estimate of drug-likeness (QED) is 0.256. The normalized spacial score (nSPS) is 23.6. The molecule has 0 aromatic heterocycles. The Kier molecular flexibility index (Phi) is 5.28. The van der Waals surface area contributed by atoms with Gasteiger partial charge in [-0.3, -0.25) is 0 Å². The summed E-state index contributed by atoms with van der Waals surface area (Å²) in [6.45, 7) is 0.217. The van der Waals surface area contributed by atoms with E-state index in [1.807, 2.05) is 30.3 Å². The molecule has 0 spiro atoms. The molecule has 1 nitrogen and oxygen atoms in total. The third-order valence-corrected chi connectivity index (χ3v) is 11.9. The highest BCUT2D eigenvalue weighted by molar-refractivity contribution is 8.99. The molecule has 2 atom stereocenters. The number of benzene rings is 2. The van der Waals surface area contributed by atoms with Gasteiger partial charge in [0.15, 0.2) is 27.9 Å². The van der Waals surface area contributed by atoms with Crippen molar-refractivity contribution in [2.75, 3.05) is 6.61 Å². The van der Waals surface area contributed by atoms with E-state index in [1.165, 1.54) is 11.4 Å². The van der Waals surface area contributed by atoms with Gasteiger partial charge in [-0.25, -0.2) is 22.0 Å². The van der Waals surface area contributed by atoms with Crippen LogP contribution in [-0.4, -0.2) is 6.61 Å². The second-order valence-corrected chi connectivity index (χ2v) is 15.1. The third kappa shape index (κ3) is 3.37. The molecule has 0 saturated carbocycles. The van der Waals surface area contributed by atoms with Gasteiger partial charge >= 0.3 is 0 Å². The van der Waals surface area contributed by atoms with Gasteiger partial charge in [0.2, 0.25) is 5.82 Å². The Bertz CT molecular complexity index is 804. The van der Waals surface area contributed by atoms with E-state index in [-0.39, 0.29) is 11.9 Å². The van der Waals surface area contributed by atoms with Crippen LogP contribution in [0.3, 0.4) is 0 Å². The van der Waals surface area contributed by atoms with Crippen molar-refractivity contribution in [3.8, 4) is 0 Å². The summed E-state index contributed by atoms with van der Waals surface area (Å²) in [5.41, 5.74) is 0.923. The van der Waals surface area contributed by atoms with Gasteiger partial charge in [0, 0.05) is 0 Å². The molecule has 1 heterocycles. The molecule has 0 bridgehead atoms. The molecule has 1 aliphatic rings. The van der Waals surface area contributed by atoms with E-state index < -0.39 is 38.7 Å². The van der Waals surface area contributed by atoms with Gasteiger partial charge < -0.3 is 4.52 Å². The molecule has 0 amide bonds. The van der Waals surface area contributed by atoms with Crippen LogP contribution in [0, 0.1) is 29.1 Å². The molecule has 2 aromatic carbocycles. The van der Waals surface area contributed by atoms with Crippen LogP contribution in [0.5, 0.6) is 0 Å². The van der Waals surface area contributed by atoms with Crippen molar-refractivity contribution >= 4 is 39.2 Å². The minimum absolute atomic E-state index is 0.147. The van der Waals surface area contributed by atoms with Crippen LogP contribution in [0.25, 0.3) is 0 Å². The summed E-state index contributed by atoms with van der Waals surface area (Å²) in [5.74, 6) is -9.92. The van der Waals surface area contributed by atoms with Gasteiger partial charge in [-0.1, -0.05) is 41.7 Å². The first kappa shape index (κ1) is 18.2. The van der Waals surface area contributed by atoms with E-state index in [9.17, 15) is 22.0 Å². The van der Waals surface area contributed by atoms with Gasteiger partial charge in [-0.05, 0) is 28.8 Å². The fourth-order valence-corrected chi connectivity index (χ4v) is 11.1. The smallest absolute Gasteiger partial charge is 0.200 e. The Morgan fingerprint density at radius 3 is 2.08 bits per heavy atom. The minimum Gasteiger partial charge on any atom is -0.332 e. The van der Waals surface area contributed by atoms with E-state index in [0.29, 0.717) is 11.4 Å². The molecule has 2 aromatic rings. The number of rotatable bonds is 3. The molecule has 0 radical (unpaired) electrons. The predicted octanol–water partition coefficient (Wildman–Crippen LogP) is 6.20. The maximum Gasteiger partial charge on any atom is 0.200 e. The van der Waals surface area contributed by atoms with Gasteiger partial charge in [0.05, 0.1) is 16.8 Å². The van der Waals surface area contributed by atoms with Crippen LogP contribution in [0.1, 0.15) is 10.8 Å². The van der Waals surface area contributed by atoms with Crippen LogP contribution >= 0.6 is 27.4 Å². The van der Waals surface area contributed by atoms with Crippen molar-refractivity contribution in [2.24, 2.45) is 0 Å². The average Bonchev–Trinajstić information content (AvgIpc) is 2.98. The van der Waals surface area contributed by atoms with E-state index in [1.54, 1.807) is 0 Å². The monoisotopic (exact) mass is 414 g/mol. The van der Waals surface area contributed by atoms with Crippen molar-refractivity contribution in [3.63, 3.8) is 0 Å². The summed E-state index contributed by atoms with van der Waals surface area (Å²) < 4.78 is 69.9. The van der Waals surface area contributed by atoms with Crippen molar-refractivity contribution in [3.05, 3.63) is 65.0 Å². The van der Waals surface area contributed by atoms with Crippen molar-refractivity contribution < 1.29 is 26.5 Å². The van der Waals surface area contributed by atoms with Crippen molar-refractivity contribution in [2.45, 2.75) is 10.1 Å². The molecular formula is C14H8F5OPS3. The summed E-state index contributed by atoms with van der Waals surface area (Å²) in [5, 5.41) is -0.147. The van der Waals surface area contributed by atoms with Crippen LogP contribution in [0.15, 0.2) is 35.2 Å². The Morgan fingerprint density at radius 2 is 1.50 bits per heavy atom. The number of hydrogen-bond acceptors (Lipinski definition) is 4. The molecule has 10 heteroatoms. The predicted molar refractivity (Wildman–Crippen MR) is 89.1 cm³/mol. The highest BCUT2D eigenvalue weighted by Crippen LogP contribution is 2.80. The summed E-state index contributed by atoms with van der Waals surface area (Å²) in [7, 11) is 0. The fourth-order valence-electron chi connectivity index (χ4n) is 2.03. The van der Waals surface area contributed by atoms with Crippen LogP contribution < -0.4 is 0 Å². The van der Waals surface area contributed by atoms with E-state index >= 15 is 0 Å². The Morgan fingerprint density at radius 1 is 0.958 bits per heavy atom. The second-order valence-electron chi connectivity index (χ2n) is 4.74. The SMILES string of the molecule is Fc1c(F)c(F)c(S[P@@]2(=S)OC[C@@H](c3ccccc3)S2)c(F)c1F. The third-order valence-electron chi connectivity index (χ3n) is 3.18. The lowest BCUT2D eigenvalue weighted by atomic mass is 10.2. The van der Waals surface area contributed by atoms with Crippen LogP contribution in [0.4, 0.5) is 22.0 Å². The minimum atomic E-state index is -2.89. The molecule has 1 saturated heterocycles.